The topological polar surface area (TPSA) is 97.6 Å². The van der Waals surface area contributed by atoms with Gasteiger partial charge in [0.1, 0.15) is 11.8 Å². The van der Waals surface area contributed by atoms with Gasteiger partial charge in [0.25, 0.3) is 0 Å². The van der Waals surface area contributed by atoms with E-state index in [2.05, 4.69) is 15.5 Å². The van der Waals surface area contributed by atoms with Crippen LogP contribution in [0.5, 0.6) is 0 Å². The molecule has 1 saturated heterocycles. The van der Waals surface area contributed by atoms with Crippen LogP contribution in [0.2, 0.25) is 0 Å². The lowest BCUT2D eigenvalue weighted by atomic mass is 10.1. The van der Waals surface area contributed by atoms with E-state index >= 15 is 0 Å². The number of aromatic nitrogens is 2. The highest BCUT2D eigenvalue weighted by atomic mass is 16.6. The van der Waals surface area contributed by atoms with Gasteiger partial charge >= 0.3 is 6.09 Å². The minimum absolute atomic E-state index is 0.149. The van der Waals surface area contributed by atoms with Gasteiger partial charge in [0.2, 0.25) is 5.91 Å². The number of fused-ring (bicyclic) bond motifs is 3. The molecule has 8 heteroatoms. The Morgan fingerprint density at radius 3 is 3.04 bits per heavy atom. The van der Waals surface area contributed by atoms with E-state index in [9.17, 15) is 9.59 Å². The largest absolute Gasteiger partial charge is 0.442 e. The van der Waals surface area contributed by atoms with Crippen molar-refractivity contribution < 1.29 is 18.8 Å². The monoisotopic (exact) mass is 342 g/mol. The van der Waals surface area contributed by atoms with E-state index < -0.39 is 6.09 Å². The van der Waals surface area contributed by atoms with Gasteiger partial charge < -0.3 is 14.6 Å². The van der Waals surface area contributed by atoms with Gasteiger partial charge in [-0.25, -0.2) is 4.79 Å². The van der Waals surface area contributed by atoms with Crippen molar-refractivity contribution in [1.29, 1.82) is 0 Å². The molecule has 1 fully saturated rings. The molecular weight excluding hydrogens is 324 g/mol. The highest BCUT2D eigenvalue weighted by molar-refractivity contribution is 5.90. The third-order valence-corrected chi connectivity index (χ3v) is 4.47. The van der Waals surface area contributed by atoms with Crippen LogP contribution >= 0.6 is 0 Å². The molecule has 2 amide bonds. The number of pyridine rings is 1. The Kier molecular flexibility index (Phi) is 3.87. The van der Waals surface area contributed by atoms with Gasteiger partial charge in [0.15, 0.2) is 5.76 Å². The summed E-state index contributed by atoms with van der Waals surface area (Å²) >= 11 is 0. The number of ether oxygens (including phenoxy) is 1. The summed E-state index contributed by atoms with van der Waals surface area (Å²) in [5, 5.41) is 6.54. The molecule has 25 heavy (non-hydrogen) atoms. The Labute approximate surface area is 144 Å². The van der Waals surface area contributed by atoms with E-state index in [0.717, 1.165) is 36.1 Å². The van der Waals surface area contributed by atoms with Crippen LogP contribution in [-0.4, -0.2) is 41.3 Å². The maximum Gasteiger partial charge on any atom is 0.414 e. The summed E-state index contributed by atoms with van der Waals surface area (Å²) in [6.07, 6.45) is 5.33. The molecule has 0 radical (unpaired) electrons. The van der Waals surface area contributed by atoms with Crippen LogP contribution in [0.3, 0.4) is 0 Å². The summed E-state index contributed by atoms with van der Waals surface area (Å²) in [6.45, 7) is 2.12. The first-order valence-corrected chi connectivity index (χ1v) is 8.27. The summed E-state index contributed by atoms with van der Waals surface area (Å²) in [7, 11) is 0. The SMILES string of the molecule is CC(=O)NCC1CN(c2cnc3c(c2)CCCc2cnoc2-3)C(=O)O1. The second kappa shape index (κ2) is 6.19. The third kappa shape index (κ3) is 2.95. The van der Waals surface area contributed by atoms with Crippen LogP contribution in [0.1, 0.15) is 24.5 Å². The van der Waals surface area contributed by atoms with Gasteiger partial charge in [-0.2, -0.15) is 0 Å². The molecule has 0 spiro atoms. The molecular formula is C17H18N4O4. The normalized spacial score (nSPS) is 19.0. The van der Waals surface area contributed by atoms with Crippen LogP contribution in [0.25, 0.3) is 11.5 Å². The Hall–Kier alpha value is -2.90. The maximum absolute atomic E-state index is 12.2. The van der Waals surface area contributed by atoms with Crippen LogP contribution in [0.4, 0.5) is 10.5 Å². The molecule has 1 aliphatic heterocycles. The average molecular weight is 342 g/mol. The van der Waals surface area contributed by atoms with Crippen molar-refractivity contribution in [1.82, 2.24) is 15.5 Å². The van der Waals surface area contributed by atoms with Gasteiger partial charge in [-0.3, -0.25) is 14.7 Å². The first-order chi connectivity index (χ1) is 12.1. The lowest BCUT2D eigenvalue weighted by molar-refractivity contribution is -0.119. The molecule has 0 bridgehead atoms. The van der Waals surface area contributed by atoms with E-state index in [1.54, 1.807) is 17.3 Å². The van der Waals surface area contributed by atoms with E-state index in [1.165, 1.54) is 6.92 Å². The van der Waals surface area contributed by atoms with Gasteiger partial charge in [-0.1, -0.05) is 5.16 Å². The molecule has 130 valence electrons. The van der Waals surface area contributed by atoms with Crippen molar-refractivity contribution >= 4 is 17.7 Å². The fraction of sp³-hybridized carbons (Fsp3) is 0.412. The van der Waals surface area contributed by atoms with Crippen molar-refractivity contribution in [3.63, 3.8) is 0 Å². The quantitative estimate of drug-likeness (QED) is 0.911. The van der Waals surface area contributed by atoms with Crippen LogP contribution in [0.15, 0.2) is 23.0 Å². The van der Waals surface area contributed by atoms with E-state index in [1.807, 2.05) is 6.07 Å². The minimum Gasteiger partial charge on any atom is -0.442 e. The van der Waals surface area contributed by atoms with Gasteiger partial charge in [0, 0.05) is 12.5 Å². The number of aryl methyl sites for hydroxylation is 2. The van der Waals surface area contributed by atoms with E-state index in [-0.39, 0.29) is 12.0 Å². The molecule has 1 unspecified atom stereocenters. The average Bonchev–Trinajstić information content (AvgIpc) is 3.15. The Bertz CT molecular complexity index is 832. The molecule has 0 saturated carbocycles. The molecule has 0 aromatic carbocycles. The fourth-order valence-electron chi connectivity index (χ4n) is 3.24. The molecule has 4 rings (SSSR count). The van der Waals surface area contributed by atoms with Crippen LogP contribution < -0.4 is 10.2 Å². The molecule has 1 atom stereocenters. The van der Waals surface area contributed by atoms with E-state index in [0.29, 0.717) is 24.5 Å². The molecule has 2 aliphatic rings. The van der Waals surface area contributed by atoms with Gasteiger partial charge in [-0.05, 0) is 30.9 Å². The predicted octanol–water partition coefficient (Wildman–Crippen LogP) is 1.69. The van der Waals surface area contributed by atoms with Crippen molar-refractivity contribution in [3.8, 4) is 11.5 Å². The zero-order chi connectivity index (χ0) is 17.4. The van der Waals surface area contributed by atoms with Gasteiger partial charge in [0.05, 0.1) is 31.2 Å². The molecule has 2 aromatic heterocycles. The highest BCUT2D eigenvalue weighted by Crippen LogP contribution is 2.33. The zero-order valence-electron chi connectivity index (χ0n) is 13.8. The lowest BCUT2D eigenvalue weighted by Gasteiger charge is -2.15. The fourth-order valence-corrected chi connectivity index (χ4v) is 3.24. The number of hydrogen-bond acceptors (Lipinski definition) is 6. The minimum atomic E-state index is -0.425. The number of rotatable bonds is 3. The molecule has 3 heterocycles. The zero-order valence-corrected chi connectivity index (χ0v) is 13.8. The summed E-state index contributed by atoms with van der Waals surface area (Å²) in [5.74, 6) is 0.565. The Balaban J connectivity index is 1.58. The summed E-state index contributed by atoms with van der Waals surface area (Å²) in [5.41, 5.74) is 3.58. The van der Waals surface area contributed by atoms with Crippen LogP contribution in [-0.2, 0) is 22.4 Å². The molecule has 1 aliphatic carbocycles. The molecule has 2 aromatic rings. The van der Waals surface area contributed by atoms with Gasteiger partial charge in [-0.15, -0.1) is 0 Å². The number of hydrogen-bond donors (Lipinski definition) is 1. The van der Waals surface area contributed by atoms with Crippen molar-refractivity contribution in [3.05, 3.63) is 29.6 Å². The summed E-state index contributed by atoms with van der Waals surface area (Å²) < 4.78 is 10.7. The van der Waals surface area contributed by atoms with Crippen molar-refractivity contribution in [2.45, 2.75) is 32.3 Å². The number of carbonyl (C=O) groups excluding carboxylic acids is 2. The number of cyclic esters (lactones) is 1. The highest BCUT2D eigenvalue weighted by Gasteiger charge is 2.33. The molecule has 1 N–H and O–H groups in total. The third-order valence-electron chi connectivity index (χ3n) is 4.47. The van der Waals surface area contributed by atoms with Crippen molar-refractivity contribution in [2.75, 3.05) is 18.0 Å². The summed E-state index contributed by atoms with van der Waals surface area (Å²) in [6, 6.07) is 1.96. The first kappa shape index (κ1) is 15.6. The molecule has 8 nitrogen and oxygen atoms in total. The first-order valence-electron chi connectivity index (χ1n) is 8.27. The standard InChI is InChI=1S/C17H18N4O4/c1-10(22)18-8-14-9-21(17(23)24-14)13-5-11-3-2-4-12-6-20-25-16(12)15(11)19-7-13/h5-7,14H,2-4,8-9H2,1H3,(H,18,22). The Morgan fingerprint density at radius 2 is 2.20 bits per heavy atom. The number of nitrogens with one attached hydrogen (secondary N) is 1. The number of nitrogens with zero attached hydrogens (tertiary/aromatic N) is 3. The van der Waals surface area contributed by atoms with Crippen LogP contribution in [0, 0.1) is 0 Å². The smallest absolute Gasteiger partial charge is 0.414 e. The Morgan fingerprint density at radius 1 is 1.36 bits per heavy atom. The predicted molar refractivity (Wildman–Crippen MR) is 88.1 cm³/mol. The second-order valence-corrected chi connectivity index (χ2v) is 6.29. The maximum atomic E-state index is 12.2. The van der Waals surface area contributed by atoms with Crippen molar-refractivity contribution in [2.24, 2.45) is 0 Å². The number of anilines is 1. The number of carbonyl (C=O) groups is 2. The number of amides is 2. The second-order valence-electron chi connectivity index (χ2n) is 6.29. The summed E-state index contributed by atoms with van der Waals surface area (Å²) in [4.78, 5) is 29.2. The van der Waals surface area contributed by atoms with E-state index in [4.69, 9.17) is 9.26 Å². The lowest BCUT2D eigenvalue weighted by Crippen LogP contribution is -2.33.